The fourth-order valence-corrected chi connectivity index (χ4v) is 3.97. The first-order chi connectivity index (χ1) is 17.2. The molecule has 0 aliphatic carbocycles. The Hall–Kier alpha value is -2.86. The van der Waals surface area contributed by atoms with Crippen LogP contribution in [0.2, 0.25) is 0 Å². The van der Waals surface area contributed by atoms with E-state index in [1.165, 1.54) is 11.0 Å². The fourth-order valence-electron chi connectivity index (χ4n) is 3.55. The third kappa shape index (κ3) is 9.65. The molecule has 2 atom stereocenters. The van der Waals surface area contributed by atoms with Gasteiger partial charge >= 0.3 is 0 Å². The summed E-state index contributed by atoms with van der Waals surface area (Å²) < 4.78 is 13.8. The van der Waals surface area contributed by atoms with Gasteiger partial charge in [-0.15, -0.1) is 0 Å². The van der Waals surface area contributed by atoms with Crippen LogP contribution in [0.1, 0.15) is 24.0 Å². The number of halogens is 2. The molecule has 2 aromatic rings. The smallest absolute Gasteiger partial charge is 0.242 e. The molecule has 9 nitrogen and oxygen atoms in total. The Labute approximate surface area is 219 Å². The van der Waals surface area contributed by atoms with Crippen molar-refractivity contribution >= 4 is 33.7 Å². The minimum absolute atomic E-state index is 0.146. The number of nitrogens with one attached hydrogen (secondary N) is 2. The molecule has 0 aliphatic rings. The quantitative estimate of drug-likeness (QED) is 0.228. The second-order valence-electron chi connectivity index (χ2n) is 8.32. The zero-order chi connectivity index (χ0) is 26.5. The van der Waals surface area contributed by atoms with Crippen LogP contribution in [0.15, 0.2) is 53.0 Å². The lowest BCUT2D eigenvalue weighted by Crippen LogP contribution is -2.53. The maximum absolute atomic E-state index is 13.5. The first-order valence-electron chi connectivity index (χ1n) is 11.7. The van der Waals surface area contributed by atoms with Crippen molar-refractivity contribution in [3.63, 3.8) is 0 Å². The van der Waals surface area contributed by atoms with Gasteiger partial charge in [0.25, 0.3) is 0 Å². The van der Waals surface area contributed by atoms with E-state index in [1.807, 2.05) is 30.3 Å². The average molecular weight is 565 g/mol. The van der Waals surface area contributed by atoms with Gasteiger partial charge in [-0.05, 0) is 52.0 Å². The molecule has 8 N–H and O–H groups in total. The van der Waals surface area contributed by atoms with Crippen LogP contribution in [0.5, 0.6) is 0 Å². The Bertz CT molecular complexity index is 1000. The van der Waals surface area contributed by atoms with Gasteiger partial charge in [0.05, 0.1) is 16.9 Å². The van der Waals surface area contributed by atoms with Gasteiger partial charge in [0.15, 0.2) is 0 Å². The van der Waals surface area contributed by atoms with Crippen LogP contribution in [0, 0.1) is 5.82 Å². The summed E-state index contributed by atoms with van der Waals surface area (Å²) in [5, 5.41) is 5.46. The van der Waals surface area contributed by atoms with Crippen molar-refractivity contribution < 1.29 is 18.8 Å². The predicted octanol–water partition coefficient (Wildman–Crippen LogP) is 0.785. The summed E-state index contributed by atoms with van der Waals surface area (Å²) in [6, 6.07) is 12.0. The molecule has 0 aliphatic heterocycles. The molecule has 0 saturated heterocycles. The van der Waals surface area contributed by atoms with E-state index in [0.29, 0.717) is 31.5 Å². The molecule has 11 heteroatoms. The Morgan fingerprint density at radius 3 is 2.25 bits per heavy atom. The third-order valence-electron chi connectivity index (χ3n) is 5.53. The molecule has 2 rings (SSSR count). The lowest BCUT2D eigenvalue weighted by Gasteiger charge is -2.24. The van der Waals surface area contributed by atoms with E-state index < -0.39 is 29.7 Å². The molecule has 0 fully saturated rings. The third-order valence-corrected chi connectivity index (χ3v) is 6.14. The summed E-state index contributed by atoms with van der Waals surface area (Å²) in [4.78, 5) is 39.8. The lowest BCUT2D eigenvalue weighted by atomic mass is 10.0. The highest BCUT2D eigenvalue weighted by Gasteiger charge is 2.26. The maximum Gasteiger partial charge on any atom is 0.242 e. The Morgan fingerprint density at radius 1 is 0.972 bits per heavy atom. The Morgan fingerprint density at radius 2 is 1.64 bits per heavy atom. The van der Waals surface area contributed by atoms with Crippen molar-refractivity contribution in [1.82, 2.24) is 15.5 Å². The van der Waals surface area contributed by atoms with Crippen LogP contribution in [-0.4, -0.2) is 60.9 Å². The van der Waals surface area contributed by atoms with Gasteiger partial charge in [-0.2, -0.15) is 0 Å². The van der Waals surface area contributed by atoms with E-state index in [9.17, 15) is 18.8 Å². The Balaban J connectivity index is 2.04. The summed E-state index contributed by atoms with van der Waals surface area (Å²) in [6.45, 7) is 1.30. The monoisotopic (exact) mass is 564 g/mol. The minimum Gasteiger partial charge on any atom is -0.350 e. The first-order valence-corrected chi connectivity index (χ1v) is 12.5. The average Bonchev–Trinajstić information content (AvgIpc) is 2.87. The van der Waals surface area contributed by atoms with Gasteiger partial charge in [0.2, 0.25) is 17.7 Å². The summed E-state index contributed by atoms with van der Waals surface area (Å²) >= 11 is 3.13. The van der Waals surface area contributed by atoms with Gasteiger partial charge in [0.1, 0.15) is 11.9 Å². The van der Waals surface area contributed by atoms with E-state index in [4.69, 9.17) is 17.2 Å². The van der Waals surface area contributed by atoms with Crippen molar-refractivity contribution in [2.75, 3.05) is 26.2 Å². The van der Waals surface area contributed by atoms with Crippen molar-refractivity contribution in [1.29, 1.82) is 0 Å². The van der Waals surface area contributed by atoms with E-state index in [2.05, 4.69) is 26.6 Å². The van der Waals surface area contributed by atoms with Crippen molar-refractivity contribution in [2.45, 2.75) is 37.9 Å². The van der Waals surface area contributed by atoms with Gasteiger partial charge < -0.3 is 32.7 Å². The van der Waals surface area contributed by atoms with Gasteiger partial charge in [-0.3, -0.25) is 14.4 Å². The van der Waals surface area contributed by atoms with E-state index in [0.717, 1.165) is 5.56 Å². The van der Waals surface area contributed by atoms with E-state index >= 15 is 0 Å². The predicted molar refractivity (Wildman–Crippen MR) is 140 cm³/mol. The van der Waals surface area contributed by atoms with Crippen molar-refractivity contribution in [2.24, 2.45) is 17.2 Å². The molecule has 0 spiro atoms. The molecule has 0 radical (unpaired) electrons. The standard InChI is InChI=1S/C25H34BrFN6O3/c26-19-14-18(6-8-20(19)27)16-31-25(36)22(9-7-17-4-2-1-3-5-17)32-24(35)21(30)15-23(34)33(12-10-28)13-11-29/h1-6,8,14,21-22H,7,9-13,15-16,28-30H2,(H,31,36)(H,32,35)/t21-,22-/m0/s1. The zero-order valence-electron chi connectivity index (χ0n) is 20.1. The second-order valence-corrected chi connectivity index (χ2v) is 9.17. The normalized spacial score (nSPS) is 12.5. The minimum atomic E-state index is -1.14. The van der Waals surface area contributed by atoms with Crippen molar-refractivity contribution in [3.8, 4) is 0 Å². The number of carbonyl (C=O) groups is 3. The number of amides is 3. The summed E-state index contributed by atoms with van der Waals surface area (Å²) in [6.07, 6.45) is 0.626. The van der Waals surface area contributed by atoms with Crippen LogP contribution in [-0.2, 0) is 27.3 Å². The highest BCUT2D eigenvalue weighted by Crippen LogP contribution is 2.17. The highest BCUT2D eigenvalue weighted by atomic mass is 79.9. The molecular weight excluding hydrogens is 531 g/mol. The highest BCUT2D eigenvalue weighted by molar-refractivity contribution is 9.10. The van der Waals surface area contributed by atoms with Crippen LogP contribution in [0.4, 0.5) is 4.39 Å². The fraction of sp³-hybridized carbons (Fsp3) is 0.400. The summed E-state index contributed by atoms with van der Waals surface area (Å²) in [7, 11) is 0. The zero-order valence-corrected chi connectivity index (χ0v) is 21.7. The van der Waals surface area contributed by atoms with Crippen molar-refractivity contribution in [3.05, 3.63) is 69.9 Å². The van der Waals surface area contributed by atoms with E-state index in [1.54, 1.807) is 12.1 Å². The second kappa shape index (κ2) is 15.3. The molecule has 0 saturated carbocycles. The maximum atomic E-state index is 13.5. The van der Waals surface area contributed by atoms with Crippen LogP contribution >= 0.6 is 15.9 Å². The van der Waals surface area contributed by atoms with Crippen LogP contribution in [0.3, 0.4) is 0 Å². The first kappa shape index (κ1) is 29.4. The number of benzene rings is 2. The number of hydrogen-bond acceptors (Lipinski definition) is 6. The lowest BCUT2D eigenvalue weighted by molar-refractivity contribution is -0.135. The Kier molecular flexibility index (Phi) is 12.5. The van der Waals surface area contributed by atoms with Crippen LogP contribution in [0.25, 0.3) is 0 Å². The molecular formula is C25H34BrFN6O3. The van der Waals surface area contributed by atoms with Gasteiger partial charge in [-0.25, -0.2) is 4.39 Å². The number of nitrogens with two attached hydrogens (primary N) is 3. The van der Waals surface area contributed by atoms with Crippen LogP contribution < -0.4 is 27.8 Å². The topological polar surface area (TPSA) is 157 Å². The molecule has 36 heavy (non-hydrogen) atoms. The molecule has 196 valence electrons. The van der Waals surface area contributed by atoms with Gasteiger partial charge in [0, 0.05) is 32.7 Å². The van der Waals surface area contributed by atoms with E-state index in [-0.39, 0.29) is 36.4 Å². The molecule has 2 aromatic carbocycles. The number of rotatable bonds is 14. The molecule has 0 bridgehead atoms. The molecule has 0 unspecified atom stereocenters. The number of hydrogen-bond donors (Lipinski definition) is 5. The molecule has 3 amide bonds. The SMILES string of the molecule is NCCN(CCN)C(=O)C[C@H](N)C(=O)N[C@@H](CCc1ccccc1)C(=O)NCc1ccc(F)c(Br)c1. The molecule has 0 aromatic heterocycles. The largest absolute Gasteiger partial charge is 0.350 e. The number of nitrogens with zero attached hydrogens (tertiary/aromatic N) is 1. The number of carbonyl (C=O) groups excluding carboxylic acids is 3. The van der Waals surface area contributed by atoms with Gasteiger partial charge in [-0.1, -0.05) is 36.4 Å². The molecule has 0 heterocycles. The number of aryl methyl sites for hydroxylation is 1. The summed E-state index contributed by atoms with van der Waals surface area (Å²) in [5.74, 6) is -1.76. The summed E-state index contributed by atoms with van der Waals surface area (Å²) in [5.41, 5.74) is 18.8.